The highest BCUT2D eigenvalue weighted by atomic mass is 16.6. The largest absolute Gasteiger partial charge is 0.805 e. The summed E-state index contributed by atoms with van der Waals surface area (Å²) >= 11 is 0. The van der Waals surface area contributed by atoms with Gasteiger partial charge in [-0.3, -0.25) is 9.59 Å². The van der Waals surface area contributed by atoms with Gasteiger partial charge in [0.05, 0.1) is 4.43 Å². The summed E-state index contributed by atoms with van der Waals surface area (Å²) in [5.41, 5.74) is 0.339. The van der Waals surface area contributed by atoms with Crippen molar-refractivity contribution in [2.24, 2.45) is 0 Å². The Kier molecular flexibility index (Phi) is 3.96. The number of esters is 2. The fourth-order valence-corrected chi connectivity index (χ4v) is 3.07. The Labute approximate surface area is 136 Å². The molecule has 1 heterocycles. The van der Waals surface area contributed by atoms with Crippen molar-refractivity contribution in [2.75, 3.05) is 0 Å². The lowest BCUT2D eigenvalue weighted by atomic mass is 9.94. The van der Waals surface area contributed by atoms with Gasteiger partial charge in [0.25, 0.3) is 5.52 Å². The average Bonchev–Trinajstić information content (AvgIpc) is 2.53. The van der Waals surface area contributed by atoms with Crippen LogP contribution in [-0.4, -0.2) is 16.7 Å². The number of carbonyl (C=O) groups excluding carboxylic acids is 2. The minimum atomic E-state index is -0.855. The van der Waals surface area contributed by atoms with Crippen molar-refractivity contribution >= 4 is 23.0 Å². The maximum absolute atomic E-state index is 12.8. The van der Waals surface area contributed by atoms with Gasteiger partial charge in [0, 0.05) is 24.8 Å². The first-order chi connectivity index (χ1) is 11.4. The van der Waals surface area contributed by atoms with E-state index in [4.69, 9.17) is 9.47 Å². The summed E-state index contributed by atoms with van der Waals surface area (Å²) in [4.78, 5) is 35.5. The molecule has 0 unspecified atom stereocenters. The number of para-hydroxylation sites is 2. The van der Waals surface area contributed by atoms with E-state index >= 15 is 0 Å². The Bertz CT molecular complexity index is 888. The Balaban J connectivity index is 2.30. The van der Waals surface area contributed by atoms with Gasteiger partial charge in [0.1, 0.15) is 17.3 Å². The molecule has 0 radical (unpaired) electrons. The monoisotopic (exact) mass is 332 g/mol. The van der Waals surface area contributed by atoms with E-state index in [9.17, 15) is 19.7 Å². The highest BCUT2D eigenvalue weighted by Gasteiger charge is 2.41. The fraction of sp³-hybridized carbons (Fsp3) is 0.375. The number of carbonyl (C=O) groups is 2. The second-order valence-corrected chi connectivity index (χ2v) is 5.62. The van der Waals surface area contributed by atoms with Crippen LogP contribution < -0.4 is 4.43 Å². The number of hydrogen-bond acceptors (Lipinski definition) is 6. The highest BCUT2D eigenvalue weighted by molar-refractivity contribution is 5.73. The number of benzene rings is 1. The molecule has 2 atom stereocenters. The van der Waals surface area contributed by atoms with Crippen LogP contribution in [-0.2, 0) is 19.1 Å². The zero-order valence-electron chi connectivity index (χ0n) is 13.2. The Hall–Kier alpha value is -2.90. The molecular formula is C16H16N2O6. The summed E-state index contributed by atoms with van der Waals surface area (Å²) < 4.78 is 11.6. The van der Waals surface area contributed by atoms with Crippen LogP contribution in [0.5, 0.6) is 0 Å². The first-order valence-corrected chi connectivity index (χ1v) is 7.52. The number of hydrogen-bond donors (Lipinski definition) is 0. The second kappa shape index (κ2) is 5.95. The molecule has 2 aromatic rings. The molecule has 1 aliphatic rings. The number of rotatable bonds is 2. The molecule has 0 saturated carbocycles. The van der Waals surface area contributed by atoms with Gasteiger partial charge in [-0.05, 0) is 18.9 Å². The van der Waals surface area contributed by atoms with Crippen LogP contribution in [0, 0.1) is 10.1 Å². The van der Waals surface area contributed by atoms with Crippen LogP contribution in [0.2, 0.25) is 0 Å². The minimum Gasteiger partial charge on any atom is -0.805 e. The standard InChI is InChI=1S/C16H16N2O6/c1-9(19)23-13-7-8-14(24-10(2)20)16-15(13)17(21)11-5-3-4-6-12(11)18(16)22/h3-6,13-14H,7-8H2,1-2H3/t13-,14-/m0/s1. The summed E-state index contributed by atoms with van der Waals surface area (Å²) in [7, 11) is 0. The highest BCUT2D eigenvalue weighted by Crippen LogP contribution is 2.39. The Morgan fingerprint density at radius 1 is 1.12 bits per heavy atom. The smallest absolute Gasteiger partial charge is 0.303 e. The number of fused-ring (bicyclic) bond motifs is 2. The maximum atomic E-state index is 12.8. The first-order valence-electron chi connectivity index (χ1n) is 7.52. The van der Waals surface area contributed by atoms with E-state index in [0.29, 0.717) is 9.16 Å². The van der Waals surface area contributed by atoms with Crippen molar-refractivity contribution in [3.8, 4) is 0 Å². The molecule has 24 heavy (non-hydrogen) atoms. The van der Waals surface area contributed by atoms with E-state index in [-0.39, 0.29) is 35.3 Å². The van der Waals surface area contributed by atoms with Gasteiger partial charge in [0.2, 0.25) is 0 Å². The van der Waals surface area contributed by atoms with Crippen LogP contribution in [0.4, 0.5) is 0 Å². The van der Waals surface area contributed by atoms with Gasteiger partial charge in [-0.15, -0.1) is 0 Å². The summed E-state index contributed by atoms with van der Waals surface area (Å²) in [6.45, 7) is 2.47. The van der Waals surface area contributed by atoms with Gasteiger partial charge in [-0.25, -0.2) is 0 Å². The van der Waals surface area contributed by atoms with Gasteiger partial charge >= 0.3 is 17.6 Å². The predicted octanol–water partition coefficient (Wildman–Crippen LogP) is 1.90. The maximum Gasteiger partial charge on any atom is 0.303 e. The molecule has 3 rings (SSSR count). The lowest BCUT2D eigenvalue weighted by molar-refractivity contribution is -0.484. The number of nitrogens with zero attached hydrogens (tertiary/aromatic N) is 2. The Morgan fingerprint density at radius 2 is 1.71 bits per heavy atom. The molecule has 1 aliphatic carbocycles. The van der Waals surface area contributed by atoms with Crippen LogP contribution in [0.3, 0.4) is 0 Å². The molecule has 126 valence electrons. The van der Waals surface area contributed by atoms with Crippen molar-refractivity contribution < 1.29 is 23.5 Å². The first kappa shape index (κ1) is 16.0. The van der Waals surface area contributed by atoms with E-state index in [1.54, 1.807) is 12.1 Å². The van der Waals surface area contributed by atoms with E-state index in [1.807, 2.05) is 0 Å². The van der Waals surface area contributed by atoms with Gasteiger partial charge in [0.15, 0.2) is 6.10 Å². The zero-order valence-corrected chi connectivity index (χ0v) is 13.2. The van der Waals surface area contributed by atoms with E-state index < -0.39 is 24.1 Å². The van der Waals surface area contributed by atoms with Gasteiger partial charge in [-0.2, -0.15) is 0 Å². The third-order valence-corrected chi connectivity index (χ3v) is 3.94. The molecule has 0 fully saturated rings. The van der Waals surface area contributed by atoms with Crippen molar-refractivity contribution in [3.05, 3.63) is 45.8 Å². The van der Waals surface area contributed by atoms with Crippen LogP contribution >= 0.6 is 0 Å². The molecule has 0 amide bonds. The molecule has 0 aliphatic heterocycles. The van der Waals surface area contributed by atoms with Crippen molar-refractivity contribution in [1.82, 2.24) is 4.73 Å². The van der Waals surface area contributed by atoms with Crippen molar-refractivity contribution in [3.63, 3.8) is 0 Å². The summed E-state index contributed by atoms with van der Waals surface area (Å²) in [6.07, 6.45) is -1.14. The minimum absolute atomic E-state index is 0.0106. The molecule has 0 bridgehead atoms. The summed E-state index contributed by atoms with van der Waals surface area (Å²) in [6, 6.07) is 6.29. The van der Waals surface area contributed by atoms with Gasteiger partial charge < -0.3 is 19.4 Å². The average molecular weight is 332 g/mol. The molecule has 0 N–H and O–H groups in total. The molecule has 0 spiro atoms. The zero-order chi connectivity index (χ0) is 17.4. The Morgan fingerprint density at radius 3 is 2.38 bits per heavy atom. The molecule has 8 nitrogen and oxygen atoms in total. The second-order valence-electron chi connectivity index (χ2n) is 5.62. The normalized spacial score (nSPS) is 19.6. The molecule has 1 aromatic heterocycles. The van der Waals surface area contributed by atoms with Crippen molar-refractivity contribution in [1.29, 1.82) is 0 Å². The third-order valence-electron chi connectivity index (χ3n) is 3.94. The van der Waals surface area contributed by atoms with E-state index in [0.717, 1.165) is 0 Å². The molecule has 1 aromatic carbocycles. The summed E-state index contributed by atoms with van der Waals surface area (Å²) in [5, 5.41) is 12.8. The predicted molar refractivity (Wildman–Crippen MR) is 82.3 cm³/mol. The molecular weight excluding hydrogens is 316 g/mol. The number of aromatic nitrogens is 2. The van der Waals surface area contributed by atoms with Crippen molar-refractivity contribution in [2.45, 2.75) is 38.9 Å². The molecule has 0 saturated heterocycles. The lowest BCUT2D eigenvalue weighted by Gasteiger charge is -2.30. The number of ether oxygens (including phenoxy) is 2. The van der Waals surface area contributed by atoms with Gasteiger partial charge in [-0.1, -0.05) is 12.1 Å². The van der Waals surface area contributed by atoms with Crippen LogP contribution in [0.25, 0.3) is 11.0 Å². The SMILES string of the molecule is CC(=O)O[C@H]1CC[C@H](OC(C)=O)c2c1n([O-])c1ccccc1[n+]2=O. The van der Waals surface area contributed by atoms with Crippen LogP contribution in [0.1, 0.15) is 50.3 Å². The van der Waals surface area contributed by atoms with E-state index in [1.165, 1.54) is 26.0 Å². The van der Waals surface area contributed by atoms with Crippen LogP contribution in [0.15, 0.2) is 24.3 Å². The topological polar surface area (TPSA) is 104 Å². The fourth-order valence-electron chi connectivity index (χ4n) is 3.07. The third kappa shape index (κ3) is 2.60. The lowest BCUT2D eigenvalue weighted by Crippen LogP contribution is -2.36. The quantitative estimate of drug-likeness (QED) is 0.614. The van der Waals surface area contributed by atoms with E-state index in [2.05, 4.69) is 0 Å². The molecule has 8 heteroatoms. The summed E-state index contributed by atoms with van der Waals surface area (Å²) in [5.74, 6) is -1.11.